The average Bonchev–Trinajstić information content (AvgIpc) is 2.99. The maximum absolute atomic E-state index is 11.8. The van der Waals surface area contributed by atoms with Gasteiger partial charge in [-0.25, -0.2) is 0 Å². The second kappa shape index (κ2) is 5.32. The molecule has 1 aromatic carbocycles. The van der Waals surface area contributed by atoms with Gasteiger partial charge >= 0.3 is 0 Å². The quantitative estimate of drug-likeness (QED) is 0.842. The number of aromatic nitrogens is 1. The molecule has 3 rings (SSSR count). The third-order valence-corrected chi connectivity index (χ3v) is 3.24. The van der Waals surface area contributed by atoms with Gasteiger partial charge in [0.1, 0.15) is 0 Å². The van der Waals surface area contributed by atoms with Crippen molar-refractivity contribution in [2.45, 2.75) is 19.8 Å². The number of aliphatic imine (C=N–C) groups is 1. The molecule has 0 unspecified atom stereocenters. The van der Waals surface area contributed by atoms with Gasteiger partial charge in [0, 0.05) is 23.2 Å². The van der Waals surface area contributed by atoms with Gasteiger partial charge in [-0.1, -0.05) is 24.3 Å². The monoisotopic (exact) mass is 282 g/mol. The lowest BCUT2D eigenvalue weighted by Gasteiger charge is -1.94. The number of carbonyl (C=O) groups excluding carboxylic acids is 1. The Kier molecular flexibility index (Phi) is 3.35. The van der Waals surface area contributed by atoms with Gasteiger partial charge in [-0.15, -0.1) is 10.2 Å². The predicted octanol–water partition coefficient (Wildman–Crippen LogP) is 3.62. The number of aromatic hydroxyl groups is 1. The van der Waals surface area contributed by atoms with Gasteiger partial charge in [0.25, 0.3) is 5.91 Å². The minimum Gasteiger partial charge on any atom is -0.493 e. The van der Waals surface area contributed by atoms with Crippen molar-refractivity contribution in [3.63, 3.8) is 0 Å². The molecule has 1 aromatic heterocycles. The second-order valence-corrected chi connectivity index (χ2v) is 4.87. The number of carbonyl (C=O) groups is 1. The van der Waals surface area contributed by atoms with Gasteiger partial charge in [0.15, 0.2) is 5.69 Å². The van der Waals surface area contributed by atoms with E-state index in [1.54, 1.807) is 6.07 Å². The number of azo groups is 1. The van der Waals surface area contributed by atoms with Crippen LogP contribution < -0.4 is 0 Å². The number of para-hydroxylation sites is 1. The summed E-state index contributed by atoms with van der Waals surface area (Å²) in [5, 5.41) is 18.1. The highest BCUT2D eigenvalue weighted by Gasteiger charge is 2.12. The number of aromatic amines is 1. The minimum atomic E-state index is -0.374. The minimum absolute atomic E-state index is 0.0940. The first-order chi connectivity index (χ1) is 10.1. The fourth-order valence-electron chi connectivity index (χ4n) is 2.25. The summed E-state index contributed by atoms with van der Waals surface area (Å²) in [6.07, 6.45) is 2.80. The SMILES string of the molecule is CC1=CCC(CC(=O)N=Nc2c(O)[nH]c3ccccc23)=N1. The Bertz CT molecular complexity index is 799. The topological polar surface area (TPSA) is 90.2 Å². The summed E-state index contributed by atoms with van der Waals surface area (Å²) in [4.78, 5) is 18.8. The molecular formula is C15H14N4O2. The van der Waals surface area contributed by atoms with Crippen LogP contribution in [0.2, 0.25) is 0 Å². The van der Waals surface area contributed by atoms with E-state index in [-0.39, 0.29) is 23.9 Å². The van der Waals surface area contributed by atoms with Crippen LogP contribution in [0.1, 0.15) is 19.8 Å². The number of amides is 1. The van der Waals surface area contributed by atoms with Crippen LogP contribution in [0.15, 0.2) is 51.3 Å². The number of hydrogen-bond acceptors (Lipinski definition) is 4. The van der Waals surface area contributed by atoms with E-state index in [0.717, 1.165) is 22.3 Å². The zero-order valence-corrected chi connectivity index (χ0v) is 11.5. The molecule has 21 heavy (non-hydrogen) atoms. The smallest absolute Gasteiger partial charge is 0.270 e. The maximum atomic E-state index is 11.8. The van der Waals surface area contributed by atoms with E-state index in [9.17, 15) is 9.90 Å². The Balaban J connectivity index is 1.77. The average molecular weight is 282 g/mol. The van der Waals surface area contributed by atoms with E-state index in [0.29, 0.717) is 6.42 Å². The molecule has 0 bridgehead atoms. The van der Waals surface area contributed by atoms with E-state index >= 15 is 0 Å². The predicted molar refractivity (Wildman–Crippen MR) is 79.9 cm³/mol. The highest BCUT2D eigenvalue weighted by atomic mass is 16.3. The van der Waals surface area contributed by atoms with Gasteiger partial charge in [0.2, 0.25) is 5.88 Å². The molecule has 0 saturated heterocycles. The molecule has 0 saturated carbocycles. The maximum Gasteiger partial charge on any atom is 0.270 e. The molecule has 0 spiro atoms. The summed E-state index contributed by atoms with van der Waals surface area (Å²) in [6.45, 7) is 1.89. The Morgan fingerprint density at radius 2 is 2.24 bits per heavy atom. The third kappa shape index (κ3) is 2.74. The number of rotatable bonds is 3. The molecule has 2 heterocycles. The standard InChI is InChI=1S/C15H14N4O2/c1-9-6-7-10(16-9)8-13(20)18-19-14-11-4-2-3-5-12(11)17-15(14)21/h2-6,17,21H,7-8H2,1H3. The lowest BCUT2D eigenvalue weighted by atomic mass is 10.2. The largest absolute Gasteiger partial charge is 0.493 e. The van der Waals surface area contributed by atoms with Gasteiger partial charge in [-0.3, -0.25) is 9.79 Å². The molecule has 1 aliphatic rings. The molecule has 0 radical (unpaired) electrons. The van der Waals surface area contributed by atoms with Crippen molar-refractivity contribution in [2.24, 2.45) is 15.2 Å². The fraction of sp³-hybridized carbons (Fsp3) is 0.200. The molecule has 1 aliphatic heterocycles. The summed E-state index contributed by atoms with van der Waals surface area (Å²) in [7, 11) is 0. The molecule has 0 aliphatic carbocycles. The molecule has 6 nitrogen and oxygen atoms in total. The fourth-order valence-corrected chi connectivity index (χ4v) is 2.25. The first-order valence-corrected chi connectivity index (χ1v) is 6.61. The van der Waals surface area contributed by atoms with E-state index in [1.165, 1.54) is 0 Å². The lowest BCUT2D eigenvalue weighted by Crippen LogP contribution is -2.02. The number of H-pyrrole nitrogens is 1. The van der Waals surface area contributed by atoms with Crippen molar-refractivity contribution in [3.8, 4) is 5.88 Å². The number of allylic oxidation sites excluding steroid dienone is 2. The summed E-state index contributed by atoms with van der Waals surface area (Å²) >= 11 is 0. The lowest BCUT2D eigenvalue weighted by molar-refractivity contribution is -0.117. The molecule has 6 heteroatoms. The van der Waals surface area contributed by atoms with E-state index < -0.39 is 0 Å². The Hall–Kier alpha value is -2.76. The molecule has 2 aromatic rings. The van der Waals surface area contributed by atoms with Gasteiger partial charge in [-0.05, 0) is 13.0 Å². The number of benzene rings is 1. The first kappa shape index (κ1) is 13.2. The number of nitrogens with zero attached hydrogens (tertiary/aromatic N) is 3. The van der Waals surface area contributed by atoms with Crippen molar-refractivity contribution < 1.29 is 9.90 Å². The third-order valence-electron chi connectivity index (χ3n) is 3.24. The second-order valence-electron chi connectivity index (χ2n) is 4.87. The van der Waals surface area contributed by atoms with Crippen LogP contribution >= 0.6 is 0 Å². The van der Waals surface area contributed by atoms with Crippen LogP contribution in [-0.2, 0) is 4.79 Å². The van der Waals surface area contributed by atoms with Crippen molar-refractivity contribution in [1.29, 1.82) is 0 Å². The van der Waals surface area contributed by atoms with Crippen molar-refractivity contribution in [1.82, 2.24) is 4.98 Å². The van der Waals surface area contributed by atoms with Crippen LogP contribution in [0.4, 0.5) is 5.69 Å². The van der Waals surface area contributed by atoms with Crippen molar-refractivity contribution in [2.75, 3.05) is 0 Å². The van der Waals surface area contributed by atoms with E-state index in [1.807, 2.05) is 31.2 Å². The number of hydrogen-bond donors (Lipinski definition) is 2. The van der Waals surface area contributed by atoms with E-state index in [4.69, 9.17) is 0 Å². The molecule has 2 N–H and O–H groups in total. The van der Waals surface area contributed by atoms with Crippen LogP contribution in [0.5, 0.6) is 5.88 Å². The Labute approximate surface area is 120 Å². The summed E-state index contributed by atoms with van der Waals surface area (Å²) < 4.78 is 0. The Morgan fingerprint density at radius 3 is 3.00 bits per heavy atom. The summed E-state index contributed by atoms with van der Waals surface area (Å²) in [6, 6.07) is 7.30. The zero-order chi connectivity index (χ0) is 14.8. The molecule has 106 valence electrons. The molecular weight excluding hydrogens is 268 g/mol. The van der Waals surface area contributed by atoms with Gasteiger partial charge in [-0.2, -0.15) is 0 Å². The molecule has 0 fully saturated rings. The van der Waals surface area contributed by atoms with Crippen LogP contribution in [0.3, 0.4) is 0 Å². The zero-order valence-electron chi connectivity index (χ0n) is 11.5. The highest BCUT2D eigenvalue weighted by molar-refractivity contribution is 6.03. The molecule has 1 amide bonds. The normalized spacial score (nSPS) is 14.7. The van der Waals surface area contributed by atoms with E-state index in [2.05, 4.69) is 20.2 Å². The van der Waals surface area contributed by atoms with Crippen molar-refractivity contribution in [3.05, 3.63) is 36.0 Å². The van der Waals surface area contributed by atoms with Crippen LogP contribution in [-0.4, -0.2) is 21.7 Å². The Morgan fingerprint density at radius 1 is 1.43 bits per heavy atom. The summed E-state index contributed by atoms with van der Waals surface area (Å²) in [5.74, 6) is -0.468. The number of nitrogens with one attached hydrogen (secondary N) is 1. The van der Waals surface area contributed by atoms with Gasteiger partial charge in [0.05, 0.1) is 11.9 Å². The highest BCUT2D eigenvalue weighted by Crippen LogP contribution is 2.35. The molecule has 0 atom stereocenters. The summed E-state index contributed by atoms with van der Waals surface area (Å²) in [5.41, 5.74) is 2.74. The number of fused-ring (bicyclic) bond motifs is 1. The first-order valence-electron chi connectivity index (χ1n) is 6.61. The van der Waals surface area contributed by atoms with Crippen LogP contribution in [0, 0.1) is 0 Å². The van der Waals surface area contributed by atoms with Gasteiger partial charge < -0.3 is 10.1 Å². The van der Waals surface area contributed by atoms with Crippen LogP contribution in [0.25, 0.3) is 10.9 Å². The van der Waals surface area contributed by atoms with Crippen molar-refractivity contribution >= 4 is 28.2 Å².